The molecule has 0 amide bonds. The Hall–Kier alpha value is -3.63. The van der Waals surface area contributed by atoms with Crippen molar-refractivity contribution in [1.82, 2.24) is 23.6 Å². The average Bonchev–Trinajstić information content (AvgIpc) is 3.50. The largest absolute Gasteiger partial charge is 0.339 e. The van der Waals surface area contributed by atoms with Gasteiger partial charge >= 0.3 is 0 Å². The predicted octanol–water partition coefficient (Wildman–Crippen LogP) is 4.15. The molecule has 1 fully saturated rings. The molecule has 1 unspecified atom stereocenters. The summed E-state index contributed by atoms with van der Waals surface area (Å²) >= 11 is 0. The third-order valence-corrected chi connectivity index (χ3v) is 9.06. The number of hydrogen-bond acceptors (Lipinski definition) is 4. The van der Waals surface area contributed by atoms with Gasteiger partial charge in [0, 0.05) is 31.7 Å². The first-order valence-electron chi connectivity index (χ1n) is 12.0. The molecule has 10 heteroatoms. The summed E-state index contributed by atoms with van der Waals surface area (Å²) in [5.41, 5.74) is 4.17. The Balaban J connectivity index is 1.41. The van der Waals surface area contributed by atoms with Crippen LogP contribution in [0.15, 0.2) is 77.9 Å². The van der Waals surface area contributed by atoms with Crippen LogP contribution in [0.1, 0.15) is 23.2 Å². The van der Waals surface area contributed by atoms with E-state index >= 15 is 0 Å². The quantitative estimate of drug-likeness (QED) is 0.396. The molecular weight excluding hydrogens is 496 g/mol. The van der Waals surface area contributed by atoms with E-state index in [1.165, 1.54) is 41.1 Å². The minimum Gasteiger partial charge on any atom is -0.339 e. The highest BCUT2D eigenvalue weighted by molar-refractivity contribution is 7.89. The van der Waals surface area contributed by atoms with E-state index < -0.39 is 15.4 Å². The Labute approximate surface area is 213 Å². The summed E-state index contributed by atoms with van der Waals surface area (Å²) in [4.78, 5) is 4.10. The van der Waals surface area contributed by atoms with Crippen molar-refractivity contribution in [2.75, 3.05) is 13.1 Å². The fourth-order valence-corrected chi connectivity index (χ4v) is 7.00. The number of aryl methyl sites for hydroxylation is 1. The fourth-order valence-electron chi connectivity index (χ4n) is 5.51. The van der Waals surface area contributed by atoms with Crippen molar-refractivity contribution in [3.05, 3.63) is 101 Å². The number of hydrogen-bond donors (Lipinski definition) is 0. The Bertz CT molecular complexity index is 1610. The summed E-state index contributed by atoms with van der Waals surface area (Å²) in [6.45, 7) is 0.603. The standard InChI is InChI=1S/C27H25F2N5O2S/c1-32-16-26(30-18-32)37(35,36)33-11-10-21-12-25-20(15-31-34(25)24-8-6-23(29)7-9-24)14-27(21,17-33)13-19-2-4-22(28)5-3-19/h2-9,12,15-16,18H,10-11,13-14,17H2,1H3. The number of benzene rings is 2. The second kappa shape index (κ2) is 8.74. The first-order valence-corrected chi connectivity index (χ1v) is 13.4. The van der Waals surface area contributed by atoms with Crippen LogP contribution in [0.25, 0.3) is 11.8 Å². The molecule has 1 aliphatic carbocycles. The molecule has 1 atom stereocenters. The molecule has 37 heavy (non-hydrogen) atoms. The Morgan fingerprint density at radius 2 is 1.73 bits per heavy atom. The van der Waals surface area contributed by atoms with Crippen LogP contribution in [0.5, 0.6) is 0 Å². The summed E-state index contributed by atoms with van der Waals surface area (Å²) in [6, 6.07) is 12.5. The van der Waals surface area contributed by atoms with E-state index in [0.29, 0.717) is 25.8 Å². The van der Waals surface area contributed by atoms with Gasteiger partial charge < -0.3 is 4.57 Å². The molecule has 1 saturated heterocycles. The first kappa shape index (κ1) is 23.7. The molecule has 2 aliphatic rings. The van der Waals surface area contributed by atoms with Gasteiger partial charge in [-0.2, -0.15) is 9.40 Å². The molecule has 3 heterocycles. The van der Waals surface area contributed by atoms with Gasteiger partial charge in [0.1, 0.15) is 11.6 Å². The van der Waals surface area contributed by atoms with Gasteiger partial charge in [-0.25, -0.2) is 26.9 Å². The van der Waals surface area contributed by atoms with E-state index in [-0.39, 0.29) is 23.2 Å². The monoisotopic (exact) mass is 521 g/mol. The number of aromatic nitrogens is 4. The molecule has 0 spiro atoms. The van der Waals surface area contributed by atoms with Gasteiger partial charge in [0.25, 0.3) is 10.0 Å². The zero-order valence-electron chi connectivity index (χ0n) is 20.2. The van der Waals surface area contributed by atoms with E-state index in [1.54, 1.807) is 46.8 Å². The average molecular weight is 522 g/mol. The number of imidazole rings is 1. The van der Waals surface area contributed by atoms with Crippen LogP contribution < -0.4 is 0 Å². The second-order valence-corrected chi connectivity index (χ2v) is 11.7. The van der Waals surface area contributed by atoms with Crippen molar-refractivity contribution < 1.29 is 17.2 Å². The number of rotatable bonds is 5. The molecule has 4 aromatic rings. The highest BCUT2D eigenvalue weighted by Crippen LogP contribution is 2.47. The van der Waals surface area contributed by atoms with Crippen LogP contribution in [-0.2, 0) is 29.9 Å². The minimum atomic E-state index is -3.79. The minimum absolute atomic E-state index is 0.0278. The lowest BCUT2D eigenvalue weighted by molar-refractivity contribution is 0.209. The number of sulfonamides is 1. The van der Waals surface area contributed by atoms with Crippen LogP contribution >= 0.6 is 0 Å². The highest BCUT2D eigenvalue weighted by atomic mass is 32.2. The topological polar surface area (TPSA) is 73.0 Å². The smallest absolute Gasteiger partial charge is 0.262 e. The van der Waals surface area contributed by atoms with Gasteiger partial charge in [-0.3, -0.25) is 0 Å². The maximum atomic E-state index is 13.6. The zero-order valence-corrected chi connectivity index (χ0v) is 21.0. The number of nitrogens with zero attached hydrogens (tertiary/aromatic N) is 5. The zero-order chi connectivity index (χ0) is 25.8. The lowest BCUT2D eigenvalue weighted by Gasteiger charge is -2.46. The van der Waals surface area contributed by atoms with Crippen LogP contribution in [0.4, 0.5) is 8.78 Å². The molecule has 190 valence electrons. The molecule has 0 radical (unpaired) electrons. The maximum absolute atomic E-state index is 13.6. The number of fused-ring (bicyclic) bond motifs is 2. The van der Waals surface area contributed by atoms with Crippen LogP contribution in [0.2, 0.25) is 0 Å². The van der Waals surface area contributed by atoms with E-state index in [0.717, 1.165) is 28.1 Å². The summed E-state index contributed by atoms with van der Waals surface area (Å²) in [6.07, 6.45) is 8.55. The van der Waals surface area contributed by atoms with Gasteiger partial charge in [0.15, 0.2) is 5.03 Å². The van der Waals surface area contributed by atoms with Crippen molar-refractivity contribution in [3.63, 3.8) is 0 Å². The molecule has 6 rings (SSSR count). The van der Waals surface area contributed by atoms with Crippen molar-refractivity contribution in [1.29, 1.82) is 0 Å². The first-order chi connectivity index (χ1) is 17.7. The summed E-state index contributed by atoms with van der Waals surface area (Å²) in [5.74, 6) is -0.630. The molecule has 2 aromatic carbocycles. The van der Waals surface area contributed by atoms with Crippen molar-refractivity contribution >= 4 is 16.1 Å². The molecule has 0 bridgehead atoms. The number of piperidine rings is 1. The molecule has 1 aliphatic heterocycles. The summed E-state index contributed by atoms with van der Waals surface area (Å²) < 4.78 is 59.1. The van der Waals surface area contributed by atoms with Gasteiger partial charge in [-0.1, -0.05) is 17.7 Å². The molecular formula is C27H25F2N5O2S. The third-order valence-electron chi connectivity index (χ3n) is 7.33. The van der Waals surface area contributed by atoms with Gasteiger partial charge in [0.05, 0.1) is 23.9 Å². The normalized spacial score (nSPS) is 19.8. The van der Waals surface area contributed by atoms with Crippen LogP contribution in [0, 0.1) is 17.0 Å². The lowest BCUT2D eigenvalue weighted by atomic mass is 9.66. The Morgan fingerprint density at radius 3 is 2.41 bits per heavy atom. The highest BCUT2D eigenvalue weighted by Gasteiger charge is 2.46. The Kier molecular flexibility index (Phi) is 5.61. The predicted molar refractivity (Wildman–Crippen MR) is 134 cm³/mol. The van der Waals surface area contributed by atoms with Gasteiger partial charge in [0.2, 0.25) is 0 Å². The van der Waals surface area contributed by atoms with Crippen LogP contribution in [-0.4, -0.2) is 45.1 Å². The molecule has 2 aromatic heterocycles. The molecule has 0 saturated carbocycles. The van der Waals surface area contributed by atoms with Gasteiger partial charge in [-0.15, -0.1) is 0 Å². The van der Waals surface area contributed by atoms with Crippen molar-refractivity contribution in [2.45, 2.75) is 24.3 Å². The second-order valence-electron chi connectivity index (χ2n) is 9.84. The van der Waals surface area contributed by atoms with E-state index in [9.17, 15) is 17.2 Å². The fraction of sp³-hybridized carbons (Fsp3) is 0.259. The molecule has 7 nitrogen and oxygen atoms in total. The van der Waals surface area contributed by atoms with Crippen molar-refractivity contribution in [3.8, 4) is 5.69 Å². The lowest BCUT2D eigenvalue weighted by Crippen LogP contribution is -2.50. The van der Waals surface area contributed by atoms with Crippen molar-refractivity contribution in [2.24, 2.45) is 12.5 Å². The number of halogens is 2. The SMILES string of the molecule is Cn1cnc(S(=O)(=O)N2CCC3=Cc4c(cnn4-c4ccc(F)cc4)CC3(Cc3ccc(F)cc3)C2)c1. The molecule has 0 N–H and O–H groups in total. The van der Waals surface area contributed by atoms with E-state index in [1.807, 2.05) is 0 Å². The van der Waals surface area contributed by atoms with Gasteiger partial charge in [-0.05, 0) is 72.9 Å². The van der Waals surface area contributed by atoms with E-state index in [4.69, 9.17) is 0 Å². The van der Waals surface area contributed by atoms with E-state index in [2.05, 4.69) is 16.2 Å². The van der Waals surface area contributed by atoms with Crippen LogP contribution in [0.3, 0.4) is 0 Å². The Morgan fingerprint density at radius 1 is 1.03 bits per heavy atom. The summed E-state index contributed by atoms with van der Waals surface area (Å²) in [7, 11) is -2.05. The maximum Gasteiger partial charge on any atom is 0.262 e. The summed E-state index contributed by atoms with van der Waals surface area (Å²) in [5, 5.41) is 4.61. The third kappa shape index (κ3) is 4.19.